The maximum atomic E-state index is 12.9. The molecule has 0 N–H and O–H groups in total. The van der Waals surface area contributed by atoms with E-state index in [4.69, 9.17) is 4.74 Å². The molecule has 1 fully saturated rings. The van der Waals surface area contributed by atoms with Crippen LogP contribution in [0.3, 0.4) is 0 Å². The SMILES string of the molecule is CCCCCCCCCCOC(=O)C1(CCCCCCCCCC)CCCCC1. The van der Waals surface area contributed by atoms with E-state index in [0.29, 0.717) is 6.61 Å². The Labute approximate surface area is 182 Å². The third-order valence-electron chi connectivity index (χ3n) is 6.98. The Morgan fingerprint density at radius 2 is 1.07 bits per heavy atom. The number of carbonyl (C=O) groups excluding carboxylic acids is 1. The van der Waals surface area contributed by atoms with Gasteiger partial charge in [-0.2, -0.15) is 0 Å². The van der Waals surface area contributed by atoms with Crippen LogP contribution < -0.4 is 0 Å². The molecule has 0 heterocycles. The smallest absolute Gasteiger partial charge is 0.312 e. The van der Waals surface area contributed by atoms with Gasteiger partial charge in [-0.25, -0.2) is 0 Å². The molecule has 0 unspecified atom stereocenters. The molecule has 0 atom stereocenters. The third-order valence-corrected chi connectivity index (χ3v) is 6.98. The lowest BCUT2D eigenvalue weighted by molar-refractivity contribution is -0.159. The molecule has 2 heteroatoms. The van der Waals surface area contributed by atoms with E-state index in [1.165, 1.54) is 116 Å². The van der Waals surface area contributed by atoms with E-state index >= 15 is 0 Å². The van der Waals surface area contributed by atoms with Crippen LogP contribution in [-0.2, 0) is 9.53 Å². The van der Waals surface area contributed by atoms with E-state index in [2.05, 4.69) is 13.8 Å². The number of hydrogen-bond donors (Lipinski definition) is 0. The first-order valence-electron chi connectivity index (χ1n) is 13.4. The molecule has 172 valence electrons. The number of unbranched alkanes of at least 4 members (excludes halogenated alkanes) is 14. The van der Waals surface area contributed by atoms with Crippen molar-refractivity contribution in [1.29, 1.82) is 0 Å². The van der Waals surface area contributed by atoms with Crippen LogP contribution in [0.2, 0.25) is 0 Å². The quantitative estimate of drug-likeness (QED) is 0.157. The third kappa shape index (κ3) is 12.7. The predicted molar refractivity (Wildman–Crippen MR) is 126 cm³/mol. The van der Waals surface area contributed by atoms with Gasteiger partial charge in [0.2, 0.25) is 0 Å². The molecule has 0 spiro atoms. The Bertz CT molecular complexity index is 371. The van der Waals surface area contributed by atoms with E-state index in [9.17, 15) is 4.79 Å². The van der Waals surface area contributed by atoms with Gasteiger partial charge in [-0.3, -0.25) is 4.79 Å². The highest BCUT2D eigenvalue weighted by Crippen LogP contribution is 2.42. The summed E-state index contributed by atoms with van der Waals surface area (Å²) >= 11 is 0. The maximum absolute atomic E-state index is 12.9. The van der Waals surface area contributed by atoms with Crippen molar-refractivity contribution < 1.29 is 9.53 Å². The van der Waals surface area contributed by atoms with E-state index in [1.807, 2.05) is 0 Å². The minimum absolute atomic E-state index is 0.138. The number of rotatable bonds is 19. The Morgan fingerprint density at radius 3 is 1.59 bits per heavy atom. The van der Waals surface area contributed by atoms with Crippen molar-refractivity contribution in [2.24, 2.45) is 5.41 Å². The highest BCUT2D eigenvalue weighted by atomic mass is 16.5. The van der Waals surface area contributed by atoms with Crippen molar-refractivity contribution >= 4 is 5.97 Å². The lowest BCUT2D eigenvalue weighted by Crippen LogP contribution is -2.35. The van der Waals surface area contributed by atoms with Gasteiger partial charge in [0.25, 0.3) is 0 Å². The van der Waals surface area contributed by atoms with Crippen molar-refractivity contribution in [1.82, 2.24) is 0 Å². The lowest BCUT2D eigenvalue weighted by Gasteiger charge is -2.35. The molecule has 0 aromatic carbocycles. The first-order chi connectivity index (χ1) is 14.2. The Morgan fingerprint density at radius 1 is 0.621 bits per heavy atom. The molecule has 1 rings (SSSR count). The van der Waals surface area contributed by atoms with Crippen LogP contribution in [0.15, 0.2) is 0 Å². The molecule has 2 nitrogen and oxygen atoms in total. The number of esters is 1. The molecule has 0 aromatic rings. The summed E-state index contributed by atoms with van der Waals surface area (Å²) in [4.78, 5) is 12.9. The Kier molecular flexibility index (Phi) is 16.7. The average Bonchev–Trinajstić information content (AvgIpc) is 2.75. The fourth-order valence-corrected chi connectivity index (χ4v) is 4.94. The summed E-state index contributed by atoms with van der Waals surface area (Å²) in [5, 5.41) is 0. The summed E-state index contributed by atoms with van der Waals surface area (Å²) in [5.41, 5.74) is -0.138. The summed E-state index contributed by atoms with van der Waals surface area (Å²) in [6.07, 6.45) is 28.0. The number of carbonyl (C=O) groups is 1. The van der Waals surface area contributed by atoms with Gasteiger partial charge in [0.05, 0.1) is 12.0 Å². The molecule has 1 aliphatic rings. The van der Waals surface area contributed by atoms with Crippen molar-refractivity contribution in [2.75, 3.05) is 6.61 Å². The summed E-state index contributed by atoms with van der Waals surface area (Å²) in [6.45, 7) is 5.19. The number of hydrogen-bond acceptors (Lipinski definition) is 2. The van der Waals surface area contributed by atoms with Crippen LogP contribution in [0.4, 0.5) is 0 Å². The van der Waals surface area contributed by atoms with Crippen LogP contribution in [0.1, 0.15) is 155 Å². The second kappa shape index (κ2) is 18.3. The van der Waals surface area contributed by atoms with Crippen molar-refractivity contribution in [3.63, 3.8) is 0 Å². The van der Waals surface area contributed by atoms with Gasteiger partial charge < -0.3 is 4.74 Å². The molecular weight excluding hydrogens is 356 g/mol. The number of ether oxygens (including phenoxy) is 1. The summed E-state index contributed by atoms with van der Waals surface area (Å²) in [7, 11) is 0. The molecule has 0 radical (unpaired) electrons. The molecular formula is C27H52O2. The largest absolute Gasteiger partial charge is 0.465 e. The lowest BCUT2D eigenvalue weighted by atomic mass is 9.71. The fraction of sp³-hybridized carbons (Fsp3) is 0.963. The predicted octanol–water partition coefficient (Wildman–Crippen LogP) is 9.15. The maximum Gasteiger partial charge on any atom is 0.312 e. The average molecular weight is 409 g/mol. The molecule has 1 aliphatic carbocycles. The van der Waals surface area contributed by atoms with Crippen LogP contribution in [0.25, 0.3) is 0 Å². The van der Waals surface area contributed by atoms with Gasteiger partial charge in [0.15, 0.2) is 0 Å². The van der Waals surface area contributed by atoms with Gasteiger partial charge in [0.1, 0.15) is 0 Å². The van der Waals surface area contributed by atoms with E-state index < -0.39 is 0 Å². The first kappa shape index (κ1) is 26.5. The van der Waals surface area contributed by atoms with Crippen molar-refractivity contribution in [3.8, 4) is 0 Å². The topological polar surface area (TPSA) is 26.3 Å². The van der Waals surface area contributed by atoms with E-state index in [1.54, 1.807) is 0 Å². The second-order valence-corrected chi connectivity index (χ2v) is 9.68. The minimum Gasteiger partial charge on any atom is -0.465 e. The van der Waals surface area contributed by atoms with Crippen LogP contribution in [0.5, 0.6) is 0 Å². The normalized spacial score (nSPS) is 16.1. The Hall–Kier alpha value is -0.530. The van der Waals surface area contributed by atoms with Gasteiger partial charge in [-0.05, 0) is 25.7 Å². The zero-order valence-electron chi connectivity index (χ0n) is 20.1. The van der Waals surface area contributed by atoms with Crippen molar-refractivity contribution in [2.45, 2.75) is 155 Å². The highest BCUT2D eigenvalue weighted by molar-refractivity contribution is 5.76. The molecule has 0 bridgehead atoms. The van der Waals surface area contributed by atoms with Crippen LogP contribution >= 0.6 is 0 Å². The second-order valence-electron chi connectivity index (χ2n) is 9.68. The molecule has 1 saturated carbocycles. The van der Waals surface area contributed by atoms with Gasteiger partial charge in [-0.1, -0.05) is 129 Å². The van der Waals surface area contributed by atoms with Crippen LogP contribution in [0, 0.1) is 5.41 Å². The zero-order valence-corrected chi connectivity index (χ0v) is 20.1. The molecule has 0 saturated heterocycles. The molecule has 0 aliphatic heterocycles. The van der Waals surface area contributed by atoms with Gasteiger partial charge in [-0.15, -0.1) is 0 Å². The van der Waals surface area contributed by atoms with Crippen LogP contribution in [-0.4, -0.2) is 12.6 Å². The fourth-order valence-electron chi connectivity index (χ4n) is 4.94. The highest BCUT2D eigenvalue weighted by Gasteiger charge is 2.40. The monoisotopic (exact) mass is 408 g/mol. The van der Waals surface area contributed by atoms with Crippen molar-refractivity contribution in [3.05, 3.63) is 0 Å². The molecule has 29 heavy (non-hydrogen) atoms. The zero-order chi connectivity index (χ0) is 21.0. The summed E-state index contributed by atoms with van der Waals surface area (Å²) in [6, 6.07) is 0. The summed E-state index contributed by atoms with van der Waals surface area (Å²) < 4.78 is 5.81. The van der Waals surface area contributed by atoms with Gasteiger partial charge in [0, 0.05) is 0 Å². The molecule has 0 aromatic heterocycles. The van der Waals surface area contributed by atoms with Gasteiger partial charge >= 0.3 is 5.97 Å². The first-order valence-corrected chi connectivity index (χ1v) is 13.4. The van der Waals surface area contributed by atoms with E-state index in [-0.39, 0.29) is 11.4 Å². The summed E-state index contributed by atoms with van der Waals surface area (Å²) in [5.74, 6) is 0.142. The van der Waals surface area contributed by atoms with E-state index in [0.717, 1.165) is 25.7 Å². The standard InChI is InChI=1S/C27H52O2/c1-3-5-7-9-11-13-15-18-22-27(23-19-17-20-24-27)26(28)29-25-21-16-14-12-10-8-6-4-2/h3-25H2,1-2H3. The molecule has 0 amide bonds. The Balaban J connectivity index is 2.17. The minimum atomic E-state index is -0.138.